The number of primary sulfonamides is 1. The van der Waals surface area contributed by atoms with E-state index in [9.17, 15) is 18.0 Å². The Kier molecular flexibility index (Phi) is 6.18. The number of amides is 1. The molecule has 1 amide bonds. The summed E-state index contributed by atoms with van der Waals surface area (Å²) in [6.07, 6.45) is 3.04. The van der Waals surface area contributed by atoms with Crippen LogP contribution in [-0.4, -0.2) is 44.4 Å². The first-order valence-corrected chi connectivity index (χ1v) is 9.88. The number of carbonyl (C=O) groups is 2. The number of nitrogens with zero attached hydrogens (tertiary/aromatic N) is 1. The van der Waals surface area contributed by atoms with Crippen molar-refractivity contribution in [3.05, 3.63) is 29.3 Å². The molecule has 138 valence electrons. The molecule has 1 atom stereocenters. The third-order valence-electron chi connectivity index (χ3n) is 4.21. The molecule has 0 spiro atoms. The summed E-state index contributed by atoms with van der Waals surface area (Å²) in [5.74, 6) is -1.14. The van der Waals surface area contributed by atoms with Crippen molar-refractivity contribution in [2.45, 2.75) is 50.5 Å². The van der Waals surface area contributed by atoms with Crippen molar-refractivity contribution in [2.75, 3.05) is 13.1 Å². The molecule has 7 nitrogen and oxygen atoms in total. The minimum Gasteiger partial charge on any atom is -0.449 e. The standard InChI is InChI=1S/C17H24N2O5S/c1-12-7-8-15(25(18,22)23)14(11-12)17(21)24-13(2)16(20)19-9-5-3-4-6-10-19/h7-8,11,13H,3-6,9-10H2,1-2H3,(H2,18,22,23)/t13-/m0/s1. The van der Waals surface area contributed by atoms with Crippen LogP contribution < -0.4 is 5.14 Å². The summed E-state index contributed by atoms with van der Waals surface area (Å²) in [7, 11) is -4.07. The molecule has 2 rings (SSSR count). The van der Waals surface area contributed by atoms with Crippen molar-refractivity contribution >= 4 is 21.9 Å². The summed E-state index contributed by atoms with van der Waals surface area (Å²) in [5.41, 5.74) is 0.531. The van der Waals surface area contributed by atoms with Crippen molar-refractivity contribution < 1.29 is 22.7 Å². The summed E-state index contributed by atoms with van der Waals surface area (Å²) < 4.78 is 28.6. The summed E-state index contributed by atoms with van der Waals surface area (Å²) in [6.45, 7) is 4.51. The fraction of sp³-hybridized carbons (Fsp3) is 0.529. The Hall–Kier alpha value is -1.93. The van der Waals surface area contributed by atoms with Gasteiger partial charge in [0, 0.05) is 13.1 Å². The minimum atomic E-state index is -4.07. The van der Waals surface area contributed by atoms with E-state index in [2.05, 4.69) is 0 Å². The lowest BCUT2D eigenvalue weighted by atomic mass is 10.1. The molecule has 1 fully saturated rings. The zero-order chi connectivity index (χ0) is 18.6. The number of hydrogen-bond acceptors (Lipinski definition) is 5. The average molecular weight is 368 g/mol. The fourth-order valence-electron chi connectivity index (χ4n) is 2.87. The molecule has 0 aromatic heterocycles. The molecular formula is C17H24N2O5S. The van der Waals surface area contributed by atoms with Crippen LogP contribution in [0, 0.1) is 6.92 Å². The average Bonchev–Trinajstić information content (AvgIpc) is 2.81. The molecule has 0 unspecified atom stereocenters. The quantitative estimate of drug-likeness (QED) is 0.812. The van der Waals surface area contributed by atoms with E-state index in [1.165, 1.54) is 19.1 Å². The Morgan fingerprint density at radius 3 is 2.32 bits per heavy atom. The number of sulfonamides is 1. The molecule has 1 aliphatic rings. The fourth-order valence-corrected chi connectivity index (χ4v) is 3.58. The molecule has 1 heterocycles. The van der Waals surface area contributed by atoms with Gasteiger partial charge < -0.3 is 9.64 Å². The van der Waals surface area contributed by atoms with Crippen LogP contribution in [0.25, 0.3) is 0 Å². The monoisotopic (exact) mass is 368 g/mol. The largest absolute Gasteiger partial charge is 0.449 e. The highest BCUT2D eigenvalue weighted by molar-refractivity contribution is 7.89. The van der Waals surface area contributed by atoms with Crippen molar-refractivity contribution in [3.8, 4) is 0 Å². The van der Waals surface area contributed by atoms with Gasteiger partial charge in [0.05, 0.1) is 10.5 Å². The van der Waals surface area contributed by atoms with E-state index in [4.69, 9.17) is 9.88 Å². The van der Waals surface area contributed by atoms with Crippen LogP contribution in [0.3, 0.4) is 0 Å². The summed E-state index contributed by atoms with van der Waals surface area (Å²) in [6, 6.07) is 4.20. The number of hydrogen-bond donors (Lipinski definition) is 1. The molecule has 1 saturated heterocycles. The van der Waals surface area contributed by atoms with Gasteiger partial charge in [-0.3, -0.25) is 4.79 Å². The molecule has 0 radical (unpaired) electrons. The molecule has 0 aliphatic carbocycles. The van der Waals surface area contributed by atoms with E-state index in [1.54, 1.807) is 17.9 Å². The second-order valence-corrected chi connectivity index (χ2v) is 7.86. The van der Waals surface area contributed by atoms with Crippen LogP contribution in [-0.2, 0) is 19.6 Å². The number of rotatable bonds is 4. The lowest BCUT2D eigenvalue weighted by Crippen LogP contribution is -2.40. The second kappa shape index (κ2) is 7.97. The van der Waals surface area contributed by atoms with Gasteiger partial charge in [-0.2, -0.15) is 0 Å². The minimum absolute atomic E-state index is 0.155. The van der Waals surface area contributed by atoms with E-state index < -0.39 is 22.1 Å². The van der Waals surface area contributed by atoms with Crippen LogP contribution in [0.15, 0.2) is 23.1 Å². The van der Waals surface area contributed by atoms with Gasteiger partial charge in [0.1, 0.15) is 0 Å². The molecule has 1 aliphatic heterocycles. The maximum Gasteiger partial charge on any atom is 0.340 e. The highest BCUT2D eigenvalue weighted by Gasteiger charge is 2.27. The smallest absolute Gasteiger partial charge is 0.340 e. The van der Waals surface area contributed by atoms with Crippen molar-refractivity contribution in [3.63, 3.8) is 0 Å². The first kappa shape index (κ1) is 19.4. The first-order chi connectivity index (χ1) is 11.7. The van der Waals surface area contributed by atoms with Crippen LogP contribution >= 0.6 is 0 Å². The van der Waals surface area contributed by atoms with E-state index >= 15 is 0 Å². The van der Waals surface area contributed by atoms with Crippen molar-refractivity contribution in [1.29, 1.82) is 0 Å². The third-order valence-corrected chi connectivity index (χ3v) is 5.18. The zero-order valence-corrected chi connectivity index (χ0v) is 15.3. The number of likely N-dealkylation sites (tertiary alicyclic amines) is 1. The van der Waals surface area contributed by atoms with Gasteiger partial charge in [-0.25, -0.2) is 18.4 Å². The van der Waals surface area contributed by atoms with E-state index in [0.29, 0.717) is 18.7 Å². The Bertz CT molecular complexity index is 752. The molecule has 1 aromatic carbocycles. The van der Waals surface area contributed by atoms with Gasteiger partial charge in [-0.05, 0) is 38.8 Å². The summed E-state index contributed by atoms with van der Waals surface area (Å²) in [5, 5.41) is 5.16. The molecule has 1 aromatic rings. The second-order valence-electron chi connectivity index (χ2n) is 6.33. The van der Waals surface area contributed by atoms with Crippen LogP contribution in [0.5, 0.6) is 0 Å². The molecule has 0 bridgehead atoms. The van der Waals surface area contributed by atoms with Gasteiger partial charge >= 0.3 is 5.97 Å². The van der Waals surface area contributed by atoms with E-state index in [-0.39, 0.29) is 16.4 Å². The highest BCUT2D eigenvalue weighted by atomic mass is 32.2. The summed E-state index contributed by atoms with van der Waals surface area (Å²) >= 11 is 0. The first-order valence-electron chi connectivity index (χ1n) is 8.33. The maximum atomic E-state index is 12.5. The van der Waals surface area contributed by atoms with Crippen molar-refractivity contribution in [2.24, 2.45) is 5.14 Å². The Labute approximate surface area is 148 Å². The maximum absolute atomic E-state index is 12.5. The topological polar surface area (TPSA) is 107 Å². The van der Waals surface area contributed by atoms with Gasteiger partial charge in [0.2, 0.25) is 10.0 Å². The summed E-state index contributed by atoms with van der Waals surface area (Å²) in [4.78, 5) is 26.3. The third kappa shape index (κ3) is 5.02. The number of nitrogens with two attached hydrogens (primary N) is 1. The van der Waals surface area contributed by atoms with Gasteiger partial charge in [-0.15, -0.1) is 0 Å². The van der Waals surface area contributed by atoms with E-state index in [1.807, 2.05) is 0 Å². The van der Waals surface area contributed by atoms with Crippen LogP contribution in [0.1, 0.15) is 48.5 Å². The highest BCUT2D eigenvalue weighted by Crippen LogP contribution is 2.19. The van der Waals surface area contributed by atoms with Gasteiger partial charge in [0.15, 0.2) is 6.10 Å². The van der Waals surface area contributed by atoms with Crippen LogP contribution in [0.4, 0.5) is 0 Å². The molecular weight excluding hydrogens is 344 g/mol. The lowest BCUT2D eigenvalue weighted by molar-refractivity contribution is -0.139. The number of carbonyl (C=O) groups excluding carboxylic acids is 2. The van der Waals surface area contributed by atoms with E-state index in [0.717, 1.165) is 25.7 Å². The number of benzene rings is 1. The lowest BCUT2D eigenvalue weighted by Gasteiger charge is -2.24. The van der Waals surface area contributed by atoms with Gasteiger partial charge in [0.25, 0.3) is 5.91 Å². The Morgan fingerprint density at radius 2 is 1.76 bits per heavy atom. The molecule has 8 heteroatoms. The molecule has 25 heavy (non-hydrogen) atoms. The van der Waals surface area contributed by atoms with Crippen LogP contribution in [0.2, 0.25) is 0 Å². The number of ether oxygens (including phenoxy) is 1. The number of esters is 1. The molecule has 0 saturated carbocycles. The normalized spacial score (nSPS) is 16.8. The number of aryl methyl sites for hydroxylation is 1. The van der Waals surface area contributed by atoms with Crippen molar-refractivity contribution in [1.82, 2.24) is 4.90 Å². The zero-order valence-electron chi connectivity index (χ0n) is 14.5. The SMILES string of the molecule is Cc1ccc(S(N)(=O)=O)c(C(=O)O[C@@H](C)C(=O)N2CCCCCC2)c1. The Balaban J connectivity index is 2.16. The predicted octanol–water partition coefficient (Wildman–Crippen LogP) is 1.59. The van der Waals surface area contributed by atoms with Gasteiger partial charge in [-0.1, -0.05) is 24.5 Å². The predicted molar refractivity (Wildman–Crippen MR) is 92.5 cm³/mol. The molecule has 2 N–H and O–H groups in total. The Morgan fingerprint density at radius 1 is 1.16 bits per heavy atom.